The lowest BCUT2D eigenvalue weighted by atomic mass is 9.43. The number of nitrogens with zero attached hydrogens (tertiary/aromatic N) is 1. The minimum Gasteiger partial charge on any atom is -0.481 e. The number of benzene rings is 1. The van der Waals surface area contributed by atoms with Gasteiger partial charge in [-0.2, -0.15) is 0 Å². The third kappa shape index (κ3) is 9.15. The van der Waals surface area contributed by atoms with Crippen LogP contribution < -0.4 is 10.6 Å². The average Bonchev–Trinajstić information content (AvgIpc) is 3.83. The maximum Gasteiger partial charge on any atom is 0.307 e. The summed E-state index contributed by atoms with van der Waals surface area (Å²) in [7, 11) is 2.14. The number of carbonyl (C=O) groups excluding carboxylic acids is 2. The Morgan fingerprint density at radius 2 is 1.73 bits per heavy atom. The molecular formula is C59H84N2O9. The van der Waals surface area contributed by atoms with E-state index < -0.39 is 17.7 Å². The zero-order chi connectivity index (χ0) is 49.8. The van der Waals surface area contributed by atoms with Crippen LogP contribution in [0.2, 0.25) is 0 Å². The number of hydrogen-bond donors (Lipinski definition) is 4. The molecule has 384 valence electrons. The zero-order valence-corrected chi connectivity index (χ0v) is 43.2. The first-order chi connectivity index (χ1) is 33.4. The van der Waals surface area contributed by atoms with Gasteiger partial charge in [-0.05, 0) is 203 Å². The normalized spacial score (nSPS) is 40.0. The fourth-order valence-corrected chi connectivity index (χ4v) is 17.3. The Balaban J connectivity index is 0.869. The number of fused-ring (bicyclic) bond motifs is 9. The summed E-state index contributed by atoms with van der Waals surface area (Å²) in [5, 5.41) is 33.9. The van der Waals surface area contributed by atoms with Crippen molar-refractivity contribution in [3.8, 4) is 11.8 Å². The number of rotatable bonds is 16. The van der Waals surface area contributed by atoms with Crippen LogP contribution in [0.5, 0.6) is 0 Å². The predicted octanol–water partition coefficient (Wildman–Crippen LogP) is 9.53. The molecule has 70 heavy (non-hydrogen) atoms. The van der Waals surface area contributed by atoms with Crippen molar-refractivity contribution in [1.29, 1.82) is 0 Å². The topological polar surface area (TPSA) is 169 Å². The average molecular weight is 965 g/mol. The number of carboxylic acids is 1. The van der Waals surface area contributed by atoms with E-state index in [2.05, 4.69) is 75.7 Å². The van der Waals surface area contributed by atoms with Crippen LogP contribution in [-0.4, -0.2) is 90.5 Å². The second-order valence-corrected chi connectivity index (χ2v) is 24.2. The molecule has 0 heterocycles. The van der Waals surface area contributed by atoms with Crippen molar-refractivity contribution in [2.24, 2.45) is 69.3 Å². The van der Waals surface area contributed by atoms with Gasteiger partial charge in [0, 0.05) is 49.9 Å². The maximum absolute atomic E-state index is 12.6. The van der Waals surface area contributed by atoms with E-state index in [1.807, 2.05) is 13.0 Å². The third-order valence-corrected chi connectivity index (χ3v) is 21.1. The molecule has 16 unspecified atom stereocenters. The van der Waals surface area contributed by atoms with Crippen molar-refractivity contribution >= 4 is 23.4 Å². The standard InChI is InChI=1S/C59H84N2O9/c1-7-24-59(67)26-23-47-44-17-13-38-30-41(62)16-18-43(38)54(44)45(34-57(47,59)4)37-11-14-40(15-12-37)61(6)28-29-68-42-22-25-56(3)39(31-42)32-50(69-35-70-53(66)9-8-27-60)55-48-20-19-46(36(2)10-21-52(64)65)58(48,5)51(63)33-49(55)56/h11-12,14-15,30,36,39,42,44-51,55,63,67H,8-10,13,16-23,25-29,31-35,60H2,1-6H3,(H,64,65). The van der Waals surface area contributed by atoms with Crippen LogP contribution in [-0.2, 0) is 28.6 Å². The number of aliphatic hydroxyl groups is 2. The van der Waals surface area contributed by atoms with Gasteiger partial charge in [-0.1, -0.05) is 51.3 Å². The number of aliphatic carboxylic acids is 1. The van der Waals surface area contributed by atoms with Crippen molar-refractivity contribution < 1.29 is 43.9 Å². The van der Waals surface area contributed by atoms with E-state index in [1.54, 1.807) is 0 Å². The van der Waals surface area contributed by atoms with Gasteiger partial charge in [0.05, 0.1) is 24.9 Å². The lowest BCUT2D eigenvalue weighted by Crippen LogP contribution is -2.63. The van der Waals surface area contributed by atoms with Crippen LogP contribution in [0.1, 0.15) is 162 Å². The highest BCUT2D eigenvalue weighted by Crippen LogP contribution is 2.70. The number of hydrogen-bond acceptors (Lipinski definition) is 10. The molecule has 8 aliphatic carbocycles. The number of carbonyl (C=O) groups is 3. The van der Waals surface area contributed by atoms with Gasteiger partial charge in [0.1, 0.15) is 5.60 Å². The molecule has 6 saturated carbocycles. The van der Waals surface area contributed by atoms with Crippen molar-refractivity contribution in [2.45, 2.75) is 180 Å². The molecule has 0 aromatic heterocycles. The minimum atomic E-state index is -1.00. The number of aliphatic hydroxyl groups excluding tert-OH is 1. The molecule has 0 bridgehead atoms. The molecule has 11 nitrogen and oxygen atoms in total. The van der Waals surface area contributed by atoms with Crippen LogP contribution in [0, 0.1) is 75.4 Å². The Labute approximate surface area is 418 Å². The first-order valence-corrected chi connectivity index (χ1v) is 27.4. The van der Waals surface area contributed by atoms with E-state index in [-0.39, 0.29) is 95.3 Å². The molecule has 11 heteroatoms. The number of carboxylic acid groups (broad SMARTS) is 1. The van der Waals surface area contributed by atoms with Crippen molar-refractivity contribution in [1.82, 2.24) is 0 Å². The summed E-state index contributed by atoms with van der Waals surface area (Å²) in [6.07, 6.45) is 15.3. The number of allylic oxidation sites excluding steroid dienone is 4. The second-order valence-electron chi connectivity index (χ2n) is 24.2. The monoisotopic (exact) mass is 965 g/mol. The molecule has 0 radical (unpaired) electrons. The van der Waals surface area contributed by atoms with Crippen molar-refractivity contribution in [3.63, 3.8) is 0 Å². The van der Waals surface area contributed by atoms with Gasteiger partial charge in [0.25, 0.3) is 0 Å². The lowest BCUT2D eigenvalue weighted by Gasteiger charge is -2.64. The van der Waals surface area contributed by atoms with E-state index in [9.17, 15) is 29.7 Å². The molecule has 0 aliphatic heterocycles. The smallest absolute Gasteiger partial charge is 0.307 e. The molecule has 5 N–H and O–H groups in total. The van der Waals surface area contributed by atoms with Gasteiger partial charge in [0.2, 0.25) is 0 Å². The first kappa shape index (κ1) is 51.4. The molecule has 0 amide bonds. The van der Waals surface area contributed by atoms with Gasteiger partial charge < -0.3 is 40.2 Å². The van der Waals surface area contributed by atoms with Crippen molar-refractivity contribution in [3.05, 3.63) is 52.6 Å². The quantitative estimate of drug-likeness (QED) is 0.0708. The van der Waals surface area contributed by atoms with Gasteiger partial charge in [0.15, 0.2) is 12.6 Å². The summed E-state index contributed by atoms with van der Waals surface area (Å²) in [6, 6.07) is 9.08. The maximum atomic E-state index is 12.6. The Hall–Kier alpha value is -3.53. The van der Waals surface area contributed by atoms with Crippen LogP contribution in [0.25, 0.3) is 0 Å². The largest absolute Gasteiger partial charge is 0.481 e. The third-order valence-electron chi connectivity index (χ3n) is 21.1. The summed E-state index contributed by atoms with van der Waals surface area (Å²) in [4.78, 5) is 39.0. The van der Waals surface area contributed by atoms with Crippen molar-refractivity contribution in [2.75, 3.05) is 38.4 Å². The second kappa shape index (κ2) is 20.4. The van der Waals surface area contributed by atoms with E-state index >= 15 is 0 Å². The van der Waals surface area contributed by atoms with Gasteiger partial charge >= 0.3 is 11.9 Å². The highest BCUT2D eigenvalue weighted by Gasteiger charge is 2.67. The number of ketones is 1. The van der Waals surface area contributed by atoms with Gasteiger partial charge in [-0.3, -0.25) is 14.4 Å². The van der Waals surface area contributed by atoms with Crippen LogP contribution in [0.3, 0.4) is 0 Å². The summed E-state index contributed by atoms with van der Waals surface area (Å²) >= 11 is 0. The Morgan fingerprint density at radius 3 is 2.47 bits per heavy atom. The molecule has 0 spiro atoms. The Kier molecular flexibility index (Phi) is 15.0. The molecule has 1 aromatic rings. The SMILES string of the molecule is CC#CC1(O)CCC2C3CCC4=CC(=O)CCC4=C3C(c3ccc(N(C)CCOC4CCC5(C)C(C4)CC(OCOC(=O)CCCN)C4C5CC(O)C5(C)C(C(C)CCC(=O)O)CCC45)cc3)CC21C. The van der Waals surface area contributed by atoms with E-state index in [0.717, 1.165) is 82.9 Å². The number of esters is 1. The molecule has 16 atom stereocenters. The van der Waals surface area contributed by atoms with E-state index in [4.69, 9.17) is 19.9 Å². The minimum absolute atomic E-state index is 0.00719. The fraction of sp³-hybridized carbons (Fsp3) is 0.746. The summed E-state index contributed by atoms with van der Waals surface area (Å²) in [5.41, 5.74) is 10.6. The van der Waals surface area contributed by atoms with Gasteiger partial charge in [-0.25, -0.2) is 0 Å². The molecule has 0 saturated heterocycles. The van der Waals surface area contributed by atoms with Crippen LogP contribution in [0.15, 0.2) is 47.1 Å². The molecule has 8 aliphatic rings. The number of likely N-dealkylation sites (N-methyl/N-ethyl adjacent to an activating group) is 1. The van der Waals surface area contributed by atoms with E-state index in [0.29, 0.717) is 63.0 Å². The number of anilines is 1. The predicted molar refractivity (Wildman–Crippen MR) is 270 cm³/mol. The molecular weight excluding hydrogens is 881 g/mol. The first-order valence-electron chi connectivity index (χ1n) is 27.4. The Morgan fingerprint density at radius 1 is 0.943 bits per heavy atom. The number of ether oxygens (including phenoxy) is 3. The molecule has 9 rings (SSSR count). The summed E-state index contributed by atoms with van der Waals surface area (Å²) < 4.78 is 19.1. The fourth-order valence-electron chi connectivity index (χ4n) is 17.3. The summed E-state index contributed by atoms with van der Waals surface area (Å²) in [5.74, 6) is 7.91. The highest BCUT2D eigenvalue weighted by molar-refractivity contribution is 5.93. The lowest BCUT2D eigenvalue weighted by molar-refractivity contribution is -0.232. The van der Waals surface area contributed by atoms with E-state index in [1.165, 1.54) is 22.3 Å². The zero-order valence-electron chi connectivity index (χ0n) is 43.2. The van der Waals surface area contributed by atoms with Gasteiger partial charge in [-0.15, -0.1) is 5.92 Å². The summed E-state index contributed by atoms with van der Waals surface area (Å²) in [6.45, 7) is 12.7. The number of nitrogens with two attached hydrogens (primary N) is 1. The van der Waals surface area contributed by atoms with Crippen LogP contribution >= 0.6 is 0 Å². The molecule has 1 aromatic carbocycles. The Bertz CT molecular complexity index is 2250. The highest BCUT2D eigenvalue weighted by atomic mass is 16.7. The molecule has 6 fully saturated rings. The van der Waals surface area contributed by atoms with Crippen LogP contribution in [0.4, 0.5) is 5.69 Å².